The zero-order chi connectivity index (χ0) is 18.4. The van der Waals surface area contributed by atoms with Crippen LogP contribution in [0, 0.1) is 0 Å². The molecular weight excluding hydrogens is 340 g/mol. The molecule has 0 aliphatic carbocycles. The molecule has 0 saturated heterocycles. The maximum Gasteiger partial charge on any atom is 0.221 e. The number of benzene rings is 2. The van der Waals surface area contributed by atoms with Crippen molar-refractivity contribution in [2.45, 2.75) is 26.3 Å². The molecule has 0 spiro atoms. The molecule has 2 amide bonds. The van der Waals surface area contributed by atoms with Gasteiger partial charge in [-0.3, -0.25) is 14.4 Å². The third-order valence-corrected chi connectivity index (χ3v) is 3.82. The summed E-state index contributed by atoms with van der Waals surface area (Å²) in [5, 5.41) is 6.03. The lowest BCUT2D eigenvalue weighted by Gasteiger charge is -2.18. The van der Waals surface area contributed by atoms with E-state index >= 15 is 0 Å². The SMILES string of the molecule is CC(=O)Nc1ccc(C(=O)CC(NC(C)=O)c2ccc(Cl)cc2)cc1. The van der Waals surface area contributed by atoms with Crippen molar-refractivity contribution in [2.75, 3.05) is 5.32 Å². The fraction of sp³-hybridized carbons (Fsp3) is 0.211. The normalized spacial score (nSPS) is 11.5. The molecule has 1 atom stereocenters. The molecule has 2 N–H and O–H groups in total. The quantitative estimate of drug-likeness (QED) is 0.772. The zero-order valence-corrected chi connectivity index (χ0v) is 14.8. The van der Waals surface area contributed by atoms with Crippen molar-refractivity contribution < 1.29 is 14.4 Å². The Morgan fingerprint density at radius 3 is 2.04 bits per heavy atom. The van der Waals surface area contributed by atoms with Crippen molar-refractivity contribution in [1.29, 1.82) is 0 Å². The Balaban J connectivity index is 2.14. The minimum Gasteiger partial charge on any atom is -0.349 e. The smallest absolute Gasteiger partial charge is 0.221 e. The number of Topliss-reactive ketones (excluding diaryl/α,β-unsaturated/α-hetero) is 1. The molecule has 0 aliphatic rings. The lowest BCUT2D eigenvalue weighted by molar-refractivity contribution is -0.119. The number of rotatable bonds is 6. The van der Waals surface area contributed by atoms with E-state index in [-0.39, 0.29) is 24.0 Å². The third-order valence-electron chi connectivity index (χ3n) is 3.57. The lowest BCUT2D eigenvalue weighted by atomic mass is 9.97. The summed E-state index contributed by atoms with van der Waals surface area (Å²) in [6, 6.07) is 13.2. The summed E-state index contributed by atoms with van der Waals surface area (Å²) >= 11 is 5.89. The highest BCUT2D eigenvalue weighted by Crippen LogP contribution is 2.22. The summed E-state index contributed by atoms with van der Waals surface area (Å²) < 4.78 is 0. The van der Waals surface area contributed by atoms with E-state index < -0.39 is 6.04 Å². The molecule has 2 rings (SSSR count). The topological polar surface area (TPSA) is 75.3 Å². The number of carbonyl (C=O) groups excluding carboxylic acids is 3. The maximum atomic E-state index is 12.5. The van der Waals surface area contributed by atoms with Crippen LogP contribution in [-0.4, -0.2) is 17.6 Å². The van der Waals surface area contributed by atoms with Gasteiger partial charge in [-0.15, -0.1) is 0 Å². The number of ketones is 1. The minimum absolute atomic E-state index is 0.108. The second-order valence-corrected chi connectivity index (χ2v) is 6.13. The Morgan fingerprint density at radius 1 is 0.920 bits per heavy atom. The highest BCUT2D eigenvalue weighted by Gasteiger charge is 2.18. The van der Waals surface area contributed by atoms with Crippen LogP contribution in [0.1, 0.15) is 42.2 Å². The van der Waals surface area contributed by atoms with Crippen molar-refractivity contribution >= 4 is 34.9 Å². The lowest BCUT2D eigenvalue weighted by Crippen LogP contribution is -2.28. The Kier molecular flexibility index (Phi) is 6.31. The predicted octanol–water partition coefficient (Wildman–Crippen LogP) is 3.75. The van der Waals surface area contributed by atoms with Gasteiger partial charge in [-0.05, 0) is 42.0 Å². The van der Waals surface area contributed by atoms with Crippen molar-refractivity contribution in [1.82, 2.24) is 5.32 Å². The first-order valence-electron chi connectivity index (χ1n) is 7.78. The van der Waals surface area contributed by atoms with E-state index in [9.17, 15) is 14.4 Å². The van der Waals surface area contributed by atoms with Gasteiger partial charge in [0.2, 0.25) is 11.8 Å². The standard InChI is InChI=1S/C19H19ClN2O3/c1-12(23)21-17-9-5-15(6-10-17)19(25)11-18(22-13(2)24)14-3-7-16(20)8-4-14/h3-10,18H,11H2,1-2H3,(H,21,23)(H,22,24). The van der Waals surface area contributed by atoms with E-state index in [1.807, 2.05) is 0 Å². The molecule has 130 valence electrons. The number of anilines is 1. The molecule has 0 aromatic heterocycles. The van der Waals surface area contributed by atoms with Gasteiger partial charge in [-0.25, -0.2) is 0 Å². The summed E-state index contributed by atoms with van der Waals surface area (Å²) in [6.07, 6.45) is 0.126. The van der Waals surface area contributed by atoms with Gasteiger partial charge in [0.25, 0.3) is 0 Å². The number of amides is 2. The van der Waals surface area contributed by atoms with Gasteiger partial charge in [0.15, 0.2) is 5.78 Å². The summed E-state index contributed by atoms with van der Waals surface area (Å²) in [4.78, 5) is 35.1. The Bertz CT molecular complexity index is 770. The molecule has 6 heteroatoms. The van der Waals surface area contributed by atoms with Crippen molar-refractivity contribution in [3.8, 4) is 0 Å². The average molecular weight is 359 g/mol. The van der Waals surface area contributed by atoms with Crippen LogP contribution in [0.3, 0.4) is 0 Å². The van der Waals surface area contributed by atoms with Crippen LogP contribution in [0.2, 0.25) is 5.02 Å². The molecule has 0 bridgehead atoms. The van der Waals surface area contributed by atoms with Gasteiger partial charge in [0, 0.05) is 36.5 Å². The van der Waals surface area contributed by atoms with Gasteiger partial charge in [0.1, 0.15) is 0 Å². The summed E-state index contributed by atoms with van der Waals surface area (Å²) in [5.74, 6) is -0.496. The molecule has 25 heavy (non-hydrogen) atoms. The molecule has 0 radical (unpaired) electrons. The summed E-state index contributed by atoms with van der Waals surface area (Å²) in [5.41, 5.74) is 1.95. The fourth-order valence-electron chi connectivity index (χ4n) is 2.44. The van der Waals surface area contributed by atoms with Crippen molar-refractivity contribution in [2.24, 2.45) is 0 Å². The van der Waals surface area contributed by atoms with Crippen LogP contribution in [0.5, 0.6) is 0 Å². The first kappa shape index (κ1) is 18.7. The van der Waals surface area contributed by atoms with Gasteiger partial charge < -0.3 is 10.6 Å². The summed E-state index contributed by atoms with van der Waals surface area (Å²) in [7, 11) is 0. The first-order chi connectivity index (χ1) is 11.8. The molecule has 0 fully saturated rings. The van der Waals surface area contributed by atoms with Crippen LogP contribution in [0.4, 0.5) is 5.69 Å². The molecular formula is C19H19ClN2O3. The van der Waals surface area contributed by atoms with E-state index in [1.165, 1.54) is 13.8 Å². The largest absolute Gasteiger partial charge is 0.349 e. The minimum atomic E-state index is -0.433. The van der Waals surface area contributed by atoms with Gasteiger partial charge >= 0.3 is 0 Å². The monoisotopic (exact) mass is 358 g/mol. The van der Waals surface area contributed by atoms with Gasteiger partial charge in [0.05, 0.1) is 6.04 Å². The van der Waals surface area contributed by atoms with E-state index in [0.29, 0.717) is 16.3 Å². The highest BCUT2D eigenvalue weighted by molar-refractivity contribution is 6.30. The second kappa shape index (κ2) is 8.44. The molecule has 0 heterocycles. The molecule has 5 nitrogen and oxygen atoms in total. The van der Waals surface area contributed by atoms with Gasteiger partial charge in [-0.1, -0.05) is 23.7 Å². The Hall–Kier alpha value is -2.66. The van der Waals surface area contributed by atoms with E-state index in [1.54, 1.807) is 48.5 Å². The number of hydrogen-bond acceptors (Lipinski definition) is 3. The zero-order valence-electron chi connectivity index (χ0n) is 14.0. The Labute approximate surface area is 151 Å². The van der Waals surface area contributed by atoms with E-state index in [4.69, 9.17) is 11.6 Å². The van der Waals surface area contributed by atoms with Crippen LogP contribution >= 0.6 is 11.6 Å². The van der Waals surface area contributed by atoms with E-state index in [2.05, 4.69) is 10.6 Å². The van der Waals surface area contributed by atoms with Crippen LogP contribution in [0.15, 0.2) is 48.5 Å². The molecule has 0 saturated carbocycles. The second-order valence-electron chi connectivity index (χ2n) is 5.69. The molecule has 2 aromatic rings. The number of nitrogens with one attached hydrogen (secondary N) is 2. The molecule has 0 aliphatic heterocycles. The van der Waals surface area contributed by atoms with Crippen LogP contribution in [0.25, 0.3) is 0 Å². The number of carbonyl (C=O) groups is 3. The Morgan fingerprint density at radius 2 is 1.52 bits per heavy atom. The third kappa shape index (κ3) is 5.72. The van der Waals surface area contributed by atoms with E-state index in [0.717, 1.165) is 5.56 Å². The van der Waals surface area contributed by atoms with Crippen LogP contribution in [-0.2, 0) is 9.59 Å². The maximum absolute atomic E-state index is 12.5. The van der Waals surface area contributed by atoms with Crippen LogP contribution < -0.4 is 10.6 Å². The average Bonchev–Trinajstić information content (AvgIpc) is 2.54. The molecule has 1 unspecified atom stereocenters. The summed E-state index contributed by atoms with van der Waals surface area (Å²) in [6.45, 7) is 2.83. The fourth-order valence-corrected chi connectivity index (χ4v) is 2.56. The van der Waals surface area contributed by atoms with Crippen molar-refractivity contribution in [3.63, 3.8) is 0 Å². The number of halogens is 1. The van der Waals surface area contributed by atoms with Crippen molar-refractivity contribution in [3.05, 3.63) is 64.7 Å². The predicted molar refractivity (Wildman–Crippen MR) is 97.7 cm³/mol. The number of hydrogen-bond donors (Lipinski definition) is 2. The van der Waals surface area contributed by atoms with Gasteiger partial charge in [-0.2, -0.15) is 0 Å². The first-order valence-corrected chi connectivity index (χ1v) is 8.16. The molecule has 2 aromatic carbocycles. The highest BCUT2D eigenvalue weighted by atomic mass is 35.5.